The number of hydrogen-bond acceptors (Lipinski definition) is 1. The summed E-state index contributed by atoms with van der Waals surface area (Å²) in [5.74, 6) is -0.321. The zero-order valence-corrected chi connectivity index (χ0v) is 10.2. The molecule has 0 atom stereocenters. The van der Waals surface area contributed by atoms with Crippen LogP contribution in [0.3, 0.4) is 0 Å². The summed E-state index contributed by atoms with van der Waals surface area (Å²) in [6.45, 7) is 0. The molecule has 0 spiro atoms. The second-order valence-corrected chi connectivity index (χ2v) is 4.17. The molecule has 0 bridgehead atoms. The van der Waals surface area contributed by atoms with Gasteiger partial charge in [0, 0.05) is 5.02 Å². The van der Waals surface area contributed by atoms with Crippen molar-refractivity contribution in [3.63, 3.8) is 0 Å². The number of nitriles is 1. The van der Waals surface area contributed by atoms with Crippen LogP contribution in [0.1, 0.15) is 11.1 Å². The van der Waals surface area contributed by atoms with Crippen molar-refractivity contribution in [2.75, 3.05) is 0 Å². The number of nitrogens with zero attached hydrogens (tertiary/aromatic N) is 1. The largest absolute Gasteiger partial charge is 0.207 e. The fourth-order valence-corrected chi connectivity index (χ4v) is 1.77. The van der Waals surface area contributed by atoms with Gasteiger partial charge in [-0.2, -0.15) is 5.26 Å². The van der Waals surface area contributed by atoms with Crippen molar-refractivity contribution >= 4 is 23.3 Å². The number of allylic oxidation sites excluding steroid dienone is 1. The van der Waals surface area contributed by atoms with Crippen molar-refractivity contribution in [2.24, 2.45) is 0 Å². The maximum Gasteiger partial charge on any atom is 0.123 e. The molecule has 0 N–H and O–H groups in total. The van der Waals surface area contributed by atoms with E-state index in [9.17, 15) is 4.39 Å². The minimum absolute atomic E-state index is 0.321. The number of rotatable bonds is 2. The van der Waals surface area contributed by atoms with Crippen molar-refractivity contribution in [2.45, 2.75) is 0 Å². The van der Waals surface area contributed by atoms with Gasteiger partial charge in [-0.15, -0.1) is 0 Å². The van der Waals surface area contributed by atoms with Crippen molar-refractivity contribution in [1.82, 2.24) is 0 Å². The molecule has 0 radical (unpaired) electrons. The summed E-state index contributed by atoms with van der Waals surface area (Å²) in [5, 5.41) is 9.75. The van der Waals surface area contributed by atoms with E-state index in [0.29, 0.717) is 16.2 Å². The van der Waals surface area contributed by atoms with Gasteiger partial charge in [-0.25, -0.2) is 4.39 Å². The summed E-state index contributed by atoms with van der Waals surface area (Å²) in [6, 6.07) is 15.1. The topological polar surface area (TPSA) is 23.8 Å². The Morgan fingerprint density at radius 3 is 2.50 bits per heavy atom. The molecule has 0 aromatic heterocycles. The summed E-state index contributed by atoms with van der Waals surface area (Å²) in [4.78, 5) is 0. The van der Waals surface area contributed by atoms with E-state index in [4.69, 9.17) is 16.9 Å². The van der Waals surface area contributed by atoms with E-state index in [1.165, 1.54) is 12.1 Å². The Balaban J connectivity index is 2.40. The molecule has 0 unspecified atom stereocenters. The Labute approximate surface area is 110 Å². The lowest BCUT2D eigenvalue weighted by atomic mass is 10.0. The lowest BCUT2D eigenvalue weighted by molar-refractivity contribution is 0.627. The van der Waals surface area contributed by atoms with E-state index in [2.05, 4.69) is 6.07 Å². The predicted molar refractivity (Wildman–Crippen MR) is 71.3 cm³/mol. The highest BCUT2D eigenvalue weighted by Crippen LogP contribution is 2.19. The first-order valence-corrected chi connectivity index (χ1v) is 5.70. The monoisotopic (exact) mass is 257 g/mol. The molecule has 0 heterocycles. The molecule has 88 valence electrons. The molecule has 18 heavy (non-hydrogen) atoms. The number of hydrogen-bond donors (Lipinski definition) is 0. The molecule has 0 amide bonds. The van der Waals surface area contributed by atoms with Crippen LogP contribution in [0.15, 0.2) is 48.5 Å². The third-order valence-corrected chi connectivity index (χ3v) is 2.67. The van der Waals surface area contributed by atoms with Crippen LogP contribution >= 0.6 is 11.6 Å². The smallest absolute Gasteiger partial charge is 0.123 e. The molecule has 0 aliphatic rings. The quantitative estimate of drug-likeness (QED) is 0.572. The van der Waals surface area contributed by atoms with Gasteiger partial charge < -0.3 is 0 Å². The van der Waals surface area contributed by atoms with E-state index in [1.54, 1.807) is 30.3 Å². The lowest BCUT2D eigenvalue weighted by Crippen LogP contribution is -1.83. The second-order valence-electron chi connectivity index (χ2n) is 3.73. The van der Waals surface area contributed by atoms with Crippen LogP contribution in [-0.2, 0) is 0 Å². The fourth-order valence-electron chi connectivity index (χ4n) is 1.57. The highest BCUT2D eigenvalue weighted by atomic mass is 35.5. The number of halogens is 2. The molecule has 2 aromatic carbocycles. The molecular formula is C15H9ClFN. The zero-order chi connectivity index (χ0) is 13.0. The summed E-state index contributed by atoms with van der Waals surface area (Å²) in [5.41, 5.74) is 1.99. The van der Waals surface area contributed by atoms with Gasteiger partial charge in [0.15, 0.2) is 0 Å². The first-order chi connectivity index (χ1) is 8.69. The van der Waals surface area contributed by atoms with Gasteiger partial charge in [0.1, 0.15) is 5.82 Å². The van der Waals surface area contributed by atoms with Crippen LogP contribution in [0.4, 0.5) is 4.39 Å². The Bertz CT molecular complexity index is 624. The van der Waals surface area contributed by atoms with Crippen LogP contribution in [0, 0.1) is 17.1 Å². The maximum atomic E-state index is 12.8. The van der Waals surface area contributed by atoms with Gasteiger partial charge in [0.05, 0.1) is 11.6 Å². The van der Waals surface area contributed by atoms with Gasteiger partial charge in [-0.3, -0.25) is 0 Å². The van der Waals surface area contributed by atoms with Crippen molar-refractivity contribution in [3.8, 4) is 6.07 Å². The van der Waals surface area contributed by atoms with Crippen LogP contribution < -0.4 is 0 Å². The van der Waals surface area contributed by atoms with Crippen molar-refractivity contribution in [1.29, 1.82) is 5.26 Å². The average molecular weight is 258 g/mol. The Morgan fingerprint density at radius 2 is 1.89 bits per heavy atom. The van der Waals surface area contributed by atoms with Crippen molar-refractivity contribution in [3.05, 3.63) is 70.5 Å². The van der Waals surface area contributed by atoms with Crippen LogP contribution in [-0.4, -0.2) is 0 Å². The van der Waals surface area contributed by atoms with Gasteiger partial charge >= 0.3 is 0 Å². The normalized spacial score (nSPS) is 11.1. The van der Waals surface area contributed by atoms with Crippen LogP contribution in [0.5, 0.6) is 0 Å². The third kappa shape index (κ3) is 2.97. The third-order valence-electron chi connectivity index (χ3n) is 2.44. The lowest BCUT2D eigenvalue weighted by Gasteiger charge is -2.00. The molecule has 0 fully saturated rings. The minimum Gasteiger partial charge on any atom is -0.207 e. The molecule has 3 heteroatoms. The SMILES string of the molecule is N#CC(=Cc1cccc(Cl)c1)c1ccc(F)cc1. The Morgan fingerprint density at radius 1 is 1.17 bits per heavy atom. The first-order valence-electron chi connectivity index (χ1n) is 5.32. The number of benzene rings is 2. The van der Waals surface area contributed by atoms with Gasteiger partial charge in [0.25, 0.3) is 0 Å². The molecule has 1 nitrogen and oxygen atoms in total. The molecule has 0 saturated carbocycles. The van der Waals surface area contributed by atoms with Gasteiger partial charge in [0.2, 0.25) is 0 Å². The highest BCUT2D eigenvalue weighted by Gasteiger charge is 2.01. The van der Waals surface area contributed by atoms with E-state index < -0.39 is 0 Å². The average Bonchev–Trinajstić information content (AvgIpc) is 2.37. The Hall–Kier alpha value is -2.11. The molecule has 0 aliphatic carbocycles. The van der Waals surface area contributed by atoms with E-state index in [0.717, 1.165) is 5.56 Å². The van der Waals surface area contributed by atoms with E-state index in [-0.39, 0.29) is 5.82 Å². The summed E-state index contributed by atoms with van der Waals surface area (Å²) >= 11 is 5.88. The molecule has 0 aliphatic heterocycles. The predicted octanol–water partition coefficient (Wildman–Crippen LogP) is 4.54. The highest BCUT2D eigenvalue weighted by molar-refractivity contribution is 6.30. The van der Waals surface area contributed by atoms with Gasteiger partial charge in [-0.05, 0) is 41.5 Å². The summed E-state index contributed by atoms with van der Waals surface area (Å²) < 4.78 is 12.8. The van der Waals surface area contributed by atoms with E-state index in [1.807, 2.05) is 12.1 Å². The fraction of sp³-hybridized carbons (Fsp3) is 0. The van der Waals surface area contributed by atoms with Crippen molar-refractivity contribution < 1.29 is 4.39 Å². The standard InChI is InChI=1S/C15H9ClFN/c16-14-3-1-2-11(9-14)8-13(10-18)12-4-6-15(17)7-5-12/h1-9H. The first kappa shape index (κ1) is 12.3. The summed E-state index contributed by atoms with van der Waals surface area (Å²) in [7, 11) is 0. The van der Waals surface area contributed by atoms with Crippen LogP contribution in [0.2, 0.25) is 5.02 Å². The van der Waals surface area contributed by atoms with E-state index >= 15 is 0 Å². The molecular weight excluding hydrogens is 249 g/mol. The molecule has 2 rings (SSSR count). The Kier molecular flexibility index (Phi) is 3.76. The van der Waals surface area contributed by atoms with Crippen LogP contribution in [0.25, 0.3) is 11.6 Å². The maximum absolute atomic E-state index is 12.8. The van der Waals surface area contributed by atoms with Gasteiger partial charge in [-0.1, -0.05) is 35.9 Å². The molecule has 2 aromatic rings. The minimum atomic E-state index is -0.321. The zero-order valence-electron chi connectivity index (χ0n) is 9.40. The summed E-state index contributed by atoms with van der Waals surface area (Å²) in [6.07, 6.45) is 1.72. The second kappa shape index (κ2) is 5.48. The molecule has 0 saturated heterocycles.